The van der Waals surface area contributed by atoms with Gasteiger partial charge in [0.25, 0.3) is 5.91 Å². The molecule has 0 aliphatic carbocycles. The number of nitrogens with one attached hydrogen (secondary N) is 2. The van der Waals surface area contributed by atoms with Gasteiger partial charge < -0.3 is 15.4 Å². The fourth-order valence-electron chi connectivity index (χ4n) is 3.04. The number of carbonyl (C=O) groups excluding carboxylic acids is 2. The van der Waals surface area contributed by atoms with E-state index in [4.69, 9.17) is 27.9 Å². The van der Waals surface area contributed by atoms with E-state index < -0.39 is 0 Å². The number of hydrogen-bond donors (Lipinski definition) is 2. The normalized spacial score (nSPS) is 11.8. The predicted octanol–water partition coefficient (Wildman–Crippen LogP) is 6.98. The molecular weight excluding hydrogens is 513 g/mol. The van der Waals surface area contributed by atoms with E-state index in [0.29, 0.717) is 21.4 Å². The number of aromatic nitrogens is 1. The van der Waals surface area contributed by atoms with E-state index in [-0.39, 0.29) is 22.1 Å². The summed E-state index contributed by atoms with van der Waals surface area (Å²) in [5, 5.41) is 6.62. The molecule has 2 N–H and O–H groups in total. The van der Waals surface area contributed by atoms with Gasteiger partial charge in [0.05, 0.1) is 33.2 Å². The Bertz CT molecular complexity index is 1360. The van der Waals surface area contributed by atoms with Crippen molar-refractivity contribution in [3.8, 4) is 5.75 Å². The van der Waals surface area contributed by atoms with Crippen molar-refractivity contribution in [2.24, 2.45) is 0 Å². The van der Waals surface area contributed by atoms with Crippen LogP contribution in [0.1, 0.15) is 17.3 Å². The van der Waals surface area contributed by atoms with E-state index in [9.17, 15) is 9.59 Å². The standard InChI is InChI=1S/C24H19Cl2N3O3S2/c1-13(22(30)29-24-28-20-10-6-16(32-2)12-21(20)34-24)33-17-7-4-15(5-8-17)27-23(31)18-9-3-14(25)11-19(18)26/h3-13H,1-2H3,(H,27,31)(H,28,29,30). The molecule has 0 radical (unpaired) electrons. The number of rotatable bonds is 7. The van der Waals surface area contributed by atoms with E-state index in [1.54, 1.807) is 31.4 Å². The van der Waals surface area contributed by atoms with Crippen LogP contribution in [0, 0.1) is 0 Å². The van der Waals surface area contributed by atoms with Crippen LogP contribution in [-0.4, -0.2) is 29.2 Å². The highest BCUT2D eigenvalue weighted by Crippen LogP contribution is 2.31. The van der Waals surface area contributed by atoms with Gasteiger partial charge in [-0.05, 0) is 67.6 Å². The Balaban J connectivity index is 1.35. The number of nitrogens with zero attached hydrogens (tertiary/aromatic N) is 1. The molecule has 3 aromatic carbocycles. The lowest BCUT2D eigenvalue weighted by Gasteiger charge is -2.11. The summed E-state index contributed by atoms with van der Waals surface area (Å²) >= 11 is 14.8. The average molecular weight is 532 g/mol. The van der Waals surface area contributed by atoms with Gasteiger partial charge in [-0.15, -0.1) is 11.8 Å². The van der Waals surface area contributed by atoms with Crippen molar-refractivity contribution in [3.63, 3.8) is 0 Å². The highest BCUT2D eigenvalue weighted by atomic mass is 35.5. The first-order chi connectivity index (χ1) is 16.3. The minimum atomic E-state index is -0.352. The maximum atomic E-state index is 12.7. The van der Waals surface area contributed by atoms with E-state index >= 15 is 0 Å². The SMILES string of the molecule is COc1ccc2nc(NC(=O)C(C)Sc3ccc(NC(=O)c4ccc(Cl)cc4Cl)cc3)sc2c1. The molecule has 0 aliphatic rings. The third-order valence-corrected chi connectivity index (χ3v) is 7.39. The first kappa shape index (κ1) is 24.3. The maximum absolute atomic E-state index is 12.7. The van der Waals surface area contributed by atoms with Crippen molar-refractivity contribution in [1.29, 1.82) is 0 Å². The molecule has 2 amide bonds. The van der Waals surface area contributed by atoms with E-state index in [1.165, 1.54) is 29.2 Å². The molecule has 1 unspecified atom stereocenters. The van der Waals surface area contributed by atoms with Gasteiger partial charge in [-0.25, -0.2) is 4.98 Å². The van der Waals surface area contributed by atoms with Gasteiger partial charge in [-0.2, -0.15) is 0 Å². The van der Waals surface area contributed by atoms with Crippen LogP contribution in [0.4, 0.5) is 10.8 Å². The van der Waals surface area contributed by atoms with Gasteiger partial charge in [0, 0.05) is 15.6 Å². The van der Waals surface area contributed by atoms with Crippen molar-refractivity contribution in [1.82, 2.24) is 4.98 Å². The fourth-order valence-corrected chi connectivity index (χ4v) is 5.30. The largest absolute Gasteiger partial charge is 0.497 e. The zero-order chi connectivity index (χ0) is 24.2. The number of benzene rings is 3. The lowest BCUT2D eigenvalue weighted by atomic mass is 10.2. The van der Waals surface area contributed by atoms with Crippen LogP contribution in [0.3, 0.4) is 0 Å². The Kier molecular flexibility index (Phi) is 7.63. The molecule has 0 saturated heterocycles. The monoisotopic (exact) mass is 531 g/mol. The number of carbonyl (C=O) groups is 2. The number of thiazole rings is 1. The van der Waals surface area contributed by atoms with Crippen molar-refractivity contribution in [3.05, 3.63) is 76.3 Å². The van der Waals surface area contributed by atoms with Crippen molar-refractivity contribution < 1.29 is 14.3 Å². The predicted molar refractivity (Wildman–Crippen MR) is 141 cm³/mol. The van der Waals surface area contributed by atoms with Crippen molar-refractivity contribution in [2.75, 3.05) is 17.7 Å². The Hall–Kier alpha value is -2.78. The summed E-state index contributed by atoms with van der Waals surface area (Å²) in [6, 6.07) is 17.5. The Morgan fingerprint density at radius 2 is 1.79 bits per heavy atom. The number of fused-ring (bicyclic) bond motifs is 1. The molecule has 4 aromatic rings. The summed E-state index contributed by atoms with van der Waals surface area (Å²) in [4.78, 5) is 30.5. The zero-order valence-corrected chi connectivity index (χ0v) is 21.2. The van der Waals surface area contributed by atoms with Crippen LogP contribution in [0.25, 0.3) is 10.2 Å². The van der Waals surface area contributed by atoms with Crippen LogP contribution >= 0.6 is 46.3 Å². The van der Waals surface area contributed by atoms with Gasteiger partial charge in [0.2, 0.25) is 5.91 Å². The fraction of sp³-hybridized carbons (Fsp3) is 0.125. The van der Waals surface area contributed by atoms with Crippen molar-refractivity contribution >= 4 is 79.2 Å². The van der Waals surface area contributed by atoms with Crippen LogP contribution in [0.15, 0.2) is 65.6 Å². The molecule has 0 bridgehead atoms. The molecule has 0 aliphatic heterocycles. The summed E-state index contributed by atoms with van der Waals surface area (Å²) in [6.07, 6.45) is 0. The number of ether oxygens (including phenoxy) is 1. The lowest BCUT2D eigenvalue weighted by Crippen LogP contribution is -2.22. The second-order valence-corrected chi connectivity index (χ2v) is 10.5. The molecule has 174 valence electrons. The molecule has 1 atom stereocenters. The molecule has 4 rings (SSSR count). The first-order valence-electron chi connectivity index (χ1n) is 10.1. The summed E-state index contributed by atoms with van der Waals surface area (Å²) in [5.74, 6) is 0.267. The van der Waals surface area contributed by atoms with E-state index in [2.05, 4.69) is 15.6 Å². The molecule has 10 heteroatoms. The Morgan fingerprint density at radius 3 is 2.50 bits per heavy atom. The number of thioether (sulfide) groups is 1. The van der Waals surface area contributed by atoms with E-state index in [1.807, 2.05) is 37.3 Å². The number of methoxy groups -OCH3 is 1. The molecule has 0 spiro atoms. The number of amides is 2. The second kappa shape index (κ2) is 10.7. The third-order valence-electron chi connectivity index (χ3n) is 4.80. The third kappa shape index (κ3) is 5.82. The molecule has 1 heterocycles. The molecule has 6 nitrogen and oxygen atoms in total. The topological polar surface area (TPSA) is 80.3 Å². The lowest BCUT2D eigenvalue weighted by molar-refractivity contribution is -0.115. The molecular formula is C24H19Cl2N3O3S2. The van der Waals surface area contributed by atoms with Crippen LogP contribution in [0.2, 0.25) is 10.0 Å². The summed E-state index contributed by atoms with van der Waals surface area (Å²) in [6.45, 7) is 1.83. The average Bonchev–Trinajstić information content (AvgIpc) is 3.21. The minimum Gasteiger partial charge on any atom is -0.497 e. The number of anilines is 2. The number of halogens is 2. The van der Waals surface area contributed by atoms with Crippen LogP contribution in [0.5, 0.6) is 5.75 Å². The summed E-state index contributed by atoms with van der Waals surface area (Å²) in [7, 11) is 1.61. The zero-order valence-electron chi connectivity index (χ0n) is 18.1. The van der Waals surface area contributed by atoms with Crippen molar-refractivity contribution in [2.45, 2.75) is 17.1 Å². The molecule has 0 fully saturated rings. The molecule has 34 heavy (non-hydrogen) atoms. The van der Waals surface area contributed by atoms with Crippen LogP contribution in [-0.2, 0) is 4.79 Å². The maximum Gasteiger partial charge on any atom is 0.257 e. The summed E-state index contributed by atoms with van der Waals surface area (Å²) < 4.78 is 6.17. The smallest absolute Gasteiger partial charge is 0.257 e. The van der Waals surface area contributed by atoms with Gasteiger partial charge in [0.1, 0.15) is 5.75 Å². The van der Waals surface area contributed by atoms with Gasteiger partial charge in [-0.3, -0.25) is 9.59 Å². The highest BCUT2D eigenvalue weighted by molar-refractivity contribution is 8.00. The summed E-state index contributed by atoms with van der Waals surface area (Å²) in [5.41, 5.74) is 1.75. The van der Waals surface area contributed by atoms with Gasteiger partial charge in [0.15, 0.2) is 5.13 Å². The minimum absolute atomic E-state index is 0.147. The van der Waals surface area contributed by atoms with Gasteiger partial charge >= 0.3 is 0 Å². The quantitative estimate of drug-likeness (QED) is 0.251. The molecule has 0 saturated carbocycles. The second-order valence-electron chi connectivity index (χ2n) is 7.20. The Labute approximate surface area is 214 Å². The van der Waals surface area contributed by atoms with Gasteiger partial charge in [-0.1, -0.05) is 34.5 Å². The highest BCUT2D eigenvalue weighted by Gasteiger charge is 2.17. The van der Waals surface area contributed by atoms with E-state index in [0.717, 1.165) is 20.9 Å². The Morgan fingerprint density at radius 1 is 1.03 bits per heavy atom. The van der Waals surface area contributed by atoms with Crippen LogP contribution < -0.4 is 15.4 Å². The first-order valence-corrected chi connectivity index (χ1v) is 12.6. The molecule has 1 aromatic heterocycles. The number of hydrogen-bond acceptors (Lipinski definition) is 6.